The second-order valence-corrected chi connectivity index (χ2v) is 8.28. The van der Waals surface area contributed by atoms with Crippen molar-refractivity contribution < 1.29 is 22.7 Å². The van der Waals surface area contributed by atoms with Crippen LogP contribution in [0.5, 0.6) is 5.75 Å². The van der Waals surface area contributed by atoms with Gasteiger partial charge in [-0.25, -0.2) is 8.42 Å². The van der Waals surface area contributed by atoms with Crippen LogP contribution in [0.4, 0.5) is 0 Å². The second-order valence-electron chi connectivity index (χ2n) is 5.34. The van der Waals surface area contributed by atoms with Crippen molar-refractivity contribution in [2.75, 3.05) is 27.3 Å². The zero-order valence-corrected chi connectivity index (χ0v) is 16.3. The van der Waals surface area contributed by atoms with Gasteiger partial charge < -0.3 is 9.47 Å². The van der Waals surface area contributed by atoms with E-state index in [1.54, 1.807) is 18.2 Å². The van der Waals surface area contributed by atoms with Crippen LogP contribution in [-0.2, 0) is 26.0 Å². The summed E-state index contributed by atoms with van der Waals surface area (Å²) < 4.78 is 36.8. The van der Waals surface area contributed by atoms with Gasteiger partial charge in [0.15, 0.2) is 0 Å². The van der Waals surface area contributed by atoms with Crippen molar-refractivity contribution in [2.24, 2.45) is 0 Å². The topological polar surface area (TPSA) is 72.9 Å². The smallest absolute Gasteiger partial charge is 0.321 e. The summed E-state index contributed by atoms with van der Waals surface area (Å²) in [6.07, 6.45) is 2.21. The van der Waals surface area contributed by atoms with Crippen molar-refractivity contribution in [3.8, 4) is 5.75 Å². The van der Waals surface area contributed by atoms with Crippen LogP contribution in [-0.4, -0.2) is 46.0 Å². The molecule has 26 heavy (non-hydrogen) atoms. The van der Waals surface area contributed by atoms with Crippen LogP contribution in [0.15, 0.2) is 47.2 Å². The number of hydrogen-bond acceptors (Lipinski definition) is 6. The van der Waals surface area contributed by atoms with Gasteiger partial charge in [-0.2, -0.15) is 4.31 Å². The van der Waals surface area contributed by atoms with Gasteiger partial charge >= 0.3 is 5.97 Å². The molecular weight excluding hydrogens is 374 g/mol. The highest BCUT2D eigenvalue weighted by Gasteiger charge is 2.27. The molecule has 6 nitrogen and oxygen atoms in total. The zero-order chi connectivity index (χ0) is 19.2. The molecule has 2 aromatic rings. The van der Waals surface area contributed by atoms with Crippen LogP contribution in [0, 0.1) is 0 Å². The highest BCUT2D eigenvalue weighted by molar-refractivity contribution is 7.89. The summed E-state index contributed by atoms with van der Waals surface area (Å²) in [5.41, 5.74) is 0.967. The molecule has 0 fully saturated rings. The predicted molar refractivity (Wildman–Crippen MR) is 102 cm³/mol. The number of rotatable bonds is 9. The van der Waals surface area contributed by atoms with Crippen LogP contribution in [0.1, 0.15) is 10.4 Å². The molecule has 0 saturated carbocycles. The Bertz CT molecular complexity index is 856. The fourth-order valence-electron chi connectivity index (χ4n) is 2.35. The van der Waals surface area contributed by atoms with E-state index in [0.29, 0.717) is 12.2 Å². The number of sulfonamides is 1. The average molecular weight is 396 g/mol. The Morgan fingerprint density at radius 1 is 1.23 bits per heavy atom. The van der Waals surface area contributed by atoms with E-state index in [2.05, 4.69) is 11.3 Å². The molecule has 140 valence electrons. The fourth-order valence-corrected chi connectivity index (χ4v) is 4.61. The number of methoxy groups -OCH3 is 2. The highest BCUT2D eigenvalue weighted by Crippen LogP contribution is 2.22. The number of carbonyl (C=O) groups is 1. The molecule has 0 aliphatic rings. The highest BCUT2D eigenvalue weighted by atomic mass is 32.2. The quantitative estimate of drug-likeness (QED) is 0.611. The number of ether oxygens (including phenoxy) is 2. The largest absolute Gasteiger partial charge is 0.497 e. The van der Waals surface area contributed by atoms with Gasteiger partial charge in [0.25, 0.3) is 0 Å². The Morgan fingerprint density at radius 2 is 1.92 bits per heavy atom. The SMILES string of the molecule is C=Cc1ccsc1CCN(CC(=O)OC)S(=O)(=O)c1ccc(OC)cc1. The van der Waals surface area contributed by atoms with Crippen LogP contribution >= 0.6 is 11.3 Å². The summed E-state index contributed by atoms with van der Waals surface area (Å²) >= 11 is 1.53. The van der Waals surface area contributed by atoms with Gasteiger partial charge in [0, 0.05) is 11.4 Å². The Hall–Kier alpha value is -2.16. The molecule has 1 aromatic heterocycles. The van der Waals surface area contributed by atoms with Crippen molar-refractivity contribution in [1.29, 1.82) is 0 Å². The van der Waals surface area contributed by atoms with Gasteiger partial charge in [-0.05, 0) is 47.7 Å². The molecule has 0 bridgehead atoms. The van der Waals surface area contributed by atoms with Gasteiger partial charge in [-0.1, -0.05) is 12.7 Å². The van der Waals surface area contributed by atoms with E-state index in [4.69, 9.17) is 4.74 Å². The minimum atomic E-state index is -3.85. The molecule has 2 rings (SSSR count). The summed E-state index contributed by atoms with van der Waals surface area (Å²) in [4.78, 5) is 12.8. The predicted octanol–water partition coefficient (Wildman–Crippen LogP) is 2.81. The Balaban J connectivity index is 2.26. The van der Waals surface area contributed by atoms with Gasteiger partial charge in [-0.15, -0.1) is 11.3 Å². The van der Waals surface area contributed by atoms with Crippen molar-refractivity contribution >= 4 is 33.4 Å². The minimum absolute atomic E-state index is 0.0947. The second kappa shape index (κ2) is 8.98. The van der Waals surface area contributed by atoms with Crippen molar-refractivity contribution in [3.63, 3.8) is 0 Å². The summed E-state index contributed by atoms with van der Waals surface area (Å²) in [6, 6.07) is 7.98. The summed E-state index contributed by atoms with van der Waals surface area (Å²) in [5, 5.41) is 1.93. The number of nitrogens with zero attached hydrogens (tertiary/aromatic N) is 1. The summed E-state index contributed by atoms with van der Waals surface area (Å²) in [5.74, 6) is -0.0603. The van der Waals surface area contributed by atoms with Crippen molar-refractivity contribution in [2.45, 2.75) is 11.3 Å². The molecule has 8 heteroatoms. The molecule has 0 aliphatic heterocycles. The first-order valence-electron chi connectivity index (χ1n) is 7.82. The summed E-state index contributed by atoms with van der Waals surface area (Å²) in [6.45, 7) is 3.56. The number of thiophene rings is 1. The molecule has 0 atom stereocenters. The first-order valence-corrected chi connectivity index (χ1v) is 10.1. The summed E-state index contributed by atoms with van der Waals surface area (Å²) in [7, 11) is -1.11. The number of hydrogen-bond donors (Lipinski definition) is 0. The maximum Gasteiger partial charge on any atom is 0.321 e. The lowest BCUT2D eigenvalue weighted by molar-refractivity contribution is -0.140. The van der Waals surface area contributed by atoms with E-state index in [0.717, 1.165) is 14.7 Å². The Morgan fingerprint density at radius 3 is 2.50 bits per heavy atom. The zero-order valence-electron chi connectivity index (χ0n) is 14.7. The molecule has 0 saturated heterocycles. The average Bonchev–Trinajstić information content (AvgIpc) is 3.12. The van der Waals surface area contributed by atoms with E-state index in [1.165, 1.54) is 37.7 Å². The van der Waals surface area contributed by atoms with Gasteiger partial charge in [-0.3, -0.25) is 4.79 Å². The standard InChI is InChI=1S/C18H21NO5S2/c1-4-14-10-12-25-17(14)9-11-19(13-18(20)24-3)26(21,22)16-7-5-15(23-2)6-8-16/h4-8,10,12H,1,9,11,13H2,2-3H3. The maximum absolute atomic E-state index is 13.0. The molecule has 0 amide bonds. The van der Waals surface area contributed by atoms with Gasteiger partial charge in [0.05, 0.1) is 19.1 Å². The van der Waals surface area contributed by atoms with Crippen LogP contribution in [0.3, 0.4) is 0 Å². The van der Waals surface area contributed by atoms with E-state index in [-0.39, 0.29) is 18.0 Å². The molecule has 0 N–H and O–H groups in total. The van der Waals surface area contributed by atoms with Crippen LogP contribution in [0.2, 0.25) is 0 Å². The number of benzene rings is 1. The van der Waals surface area contributed by atoms with Gasteiger partial charge in [0.2, 0.25) is 10.0 Å². The maximum atomic E-state index is 13.0. The number of carbonyl (C=O) groups excluding carboxylic acids is 1. The molecule has 0 spiro atoms. The van der Waals surface area contributed by atoms with E-state index >= 15 is 0 Å². The third-order valence-corrected chi connectivity index (χ3v) is 6.67. The minimum Gasteiger partial charge on any atom is -0.497 e. The normalized spacial score (nSPS) is 11.3. The molecule has 0 radical (unpaired) electrons. The molecule has 0 aliphatic carbocycles. The van der Waals surface area contributed by atoms with Crippen molar-refractivity contribution in [1.82, 2.24) is 4.31 Å². The Labute approximate surface area is 157 Å². The third-order valence-electron chi connectivity index (χ3n) is 3.82. The van der Waals surface area contributed by atoms with Crippen LogP contribution in [0.25, 0.3) is 6.08 Å². The number of esters is 1. The van der Waals surface area contributed by atoms with E-state index < -0.39 is 16.0 Å². The molecular formula is C18H21NO5S2. The van der Waals surface area contributed by atoms with Gasteiger partial charge in [0.1, 0.15) is 12.3 Å². The first-order chi connectivity index (χ1) is 12.4. The van der Waals surface area contributed by atoms with Crippen molar-refractivity contribution in [3.05, 3.63) is 52.7 Å². The lowest BCUT2D eigenvalue weighted by Gasteiger charge is -2.21. The molecule has 1 heterocycles. The monoisotopic (exact) mass is 395 g/mol. The van der Waals surface area contributed by atoms with Crippen LogP contribution < -0.4 is 4.74 Å². The lowest BCUT2D eigenvalue weighted by atomic mass is 10.2. The van der Waals surface area contributed by atoms with E-state index in [9.17, 15) is 13.2 Å². The third kappa shape index (κ3) is 4.72. The molecule has 1 aromatic carbocycles. The van der Waals surface area contributed by atoms with E-state index in [1.807, 2.05) is 11.4 Å². The first kappa shape index (κ1) is 20.2. The molecule has 0 unspecified atom stereocenters. The fraction of sp³-hybridized carbons (Fsp3) is 0.278. The lowest BCUT2D eigenvalue weighted by Crippen LogP contribution is -2.37. The Kier molecular flexibility index (Phi) is 6.96.